The van der Waals surface area contributed by atoms with Gasteiger partial charge < -0.3 is 9.59 Å². The summed E-state index contributed by atoms with van der Waals surface area (Å²) in [4.78, 5) is 20.0. The van der Waals surface area contributed by atoms with Crippen molar-refractivity contribution >= 4 is 11.6 Å². The molecule has 8 heavy (non-hydrogen) atoms. The van der Waals surface area contributed by atoms with Gasteiger partial charge >= 0.3 is 0 Å². The summed E-state index contributed by atoms with van der Waals surface area (Å²) in [5, 5.41) is 0. The molecule has 0 aliphatic carbocycles. The Bertz CT molecular complexity index is 86.6. The van der Waals surface area contributed by atoms with E-state index in [9.17, 15) is 9.59 Å². The predicted molar refractivity (Wildman–Crippen MR) is 25.7 cm³/mol. The third-order valence-corrected chi connectivity index (χ3v) is 0.407. The Morgan fingerprint density at radius 2 is 1.38 bits per heavy atom. The number of hydrogen-bond acceptors (Lipinski definition) is 2. The molecule has 3 heteroatoms. The monoisotopic (exact) mass is 158 g/mol. The number of carbonyl (C=O) groups is 2. The first-order chi connectivity index (χ1) is 3.13. The molecule has 0 saturated carbocycles. The van der Waals surface area contributed by atoms with Crippen molar-refractivity contribution in [1.82, 2.24) is 0 Å². The number of ketones is 2. The van der Waals surface area contributed by atoms with E-state index in [0.29, 0.717) is 0 Å². The van der Waals surface area contributed by atoms with Gasteiger partial charge in [-0.2, -0.15) is 0 Å². The minimum atomic E-state index is -0.187. The minimum Gasteiger partial charge on any atom is -0.334 e. The van der Waals surface area contributed by atoms with Crippen LogP contribution in [0, 0.1) is 6.42 Å². The van der Waals surface area contributed by atoms with Crippen molar-refractivity contribution < 1.29 is 26.4 Å². The van der Waals surface area contributed by atoms with Crippen molar-refractivity contribution in [1.29, 1.82) is 0 Å². The quantitative estimate of drug-likeness (QED) is 0.429. The Hall–Kier alpha value is -0.284. The molecular formula is C5H7CoO2-. The van der Waals surface area contributed by atoms with Crippen molar-refractivity contribution in [3.8, 4) is 0 Å². The molecule has 0 aliphatic heterocycles. The van der Waals surface area contributed by atoms with Crippen LogP contribution in [0.1, 0.15) is 13.8 Å². The molecular weight excluding hydrogens is 151 g/mol. The predicted octanol–water partition coefficient (Wildman–Crippen LogP) is 0.366. The normalized spacial score (nSPS) is 6.75. The van der Waals surface area contributed by atoms with Gasteiger partial charge in [0.1, 0.15) is 0 Å². The molecule has 49 valence electrons. The minimum absolute atomic E-state index is 0. The van der Waals surface area contributed by atoms with Crippen LogP contribution in [0.4, 0.5) is 0 Å². The van der Waals surface area contributed by atoms with Gasteiger partial charge in [-0.15, -0.1) is 0 Å². The largest absolute Gasteiger partial charge is 0.334 e. The van der Waals surface area contributed by atoms with Gasteiger partial charge in [0.15, 0.2) is 0 Å². The molecule has 0 aliphatic rings. The molecule has 0 bridgehead atoms. The smallest absolute Gasteiger partial charge is 0.00219 e. The van der Waals surface area contributed by atoms with Crippen molar-refractivity contribution in [2.45, 2.75) is 13.8 Å². The summed E-state index contributed by atoms with van der Waals surface area (Å²) in [5.74, 6) is -0.375. The standard InChI is InChI=1S/C5H7O2.Co/c1-4(6)3-5(2)7;/h3H,1-2H3;/q-1;. The zero-order chi connectivity index (χ0) is 5.86. The molecule has 0 saturated heterocycles. The number of carbonyl (C=O) groups excluding carboxylic acids is 2. The molecule has 0 unspecified atom stereocenters. The van der Waals surface area contributed by atoms with E-state index in [4.69, 9.17) is 0 Å². The summed E-state index contributed by atoms with van der Waals surface area (Å²) in [7, 11) is 0. The van der Waals surface area contributed by atoms with E-state index in [0.717, 1.165) is 6.42 Å². The van der Waals surface area contributed by atoms with E-state index in [1.54, 1.807) is 0 Å². The molecule has 0 aromatic heterocycles. The molecule has 0 heterocycles. The van der Waals surface area contributed by atoms with E-state index in [-0.39, 0.29) is 28.3 Å². The summed E-state index contributed by atoms with van der Waals surface area (Å²) < 4.78 is 0. The SMILES string of the molecule is CC(=O)[CH-]C(C)=O.[Co]. The van der Waals surface area contributed by atoms with E-state index in [2.05, 4.69) is 0 Å². The van der Waals surface area contributed by atoms with Crippen molar-refractivity contribution in [2.24, 2.45) is 0 Å². The summed E-state index contributed by atoms with van der Waals surface area (Å²) in [6, 6.07) is 0. The van der Waals surface area contributed by atoms with Crippen LogP contribution in [-0.2, 0) is 26.4 Å². The van der Waals surface area contributed by atoms with Crippen LogP contribution in [0.5, 0.6) is 0 Å². The summed E-state index contributed by atoms with van der Waals surface area (Å²) in [5.41, 5.74) is 0. The Balaban J connectivity index is 0. The topological polar surface area (TPSA) is 34.1 Å². The van der Waals surface area contributed by atoms with Gasteiger partial charge in [0.25, 0.3) is 0 Å². The van der Waals surface area contributed by atoms with E-state index < -0.39 is 0 Å². The molecule has 0 aromatic carbocycles. The number of Topliss-reactive ketones (excluding diaryl/α,β-unsaturated/α-hetero) is 2. The van der Waals surface area contributed by atoms with Crippen LogP contribution >= 0.6 is 0 Å². The molecule has 0 amide bonds. The van der Waals surface area contributed by atoms with Gasteiger partial charge in [0, 0.05) is 28.3 Å². The summed E-state index contributed by atoms with van der Waals surface area (Å²) >= 11 is 0. The Morgan fingerprint density at radius 3 is 1.38 bits per heavy atom. The second-order valence-electron chi connectivity index (χ2n) is 1.37. The Morgan fingerprint density at radius 1 is 1.12 bits per heavy atom. The van der Waals surface area contributed by atoms with Crippen molar-refractivity contribution in [3.05, 3.63) is 6.42 Å². The molecule has 1 radical (unpaired) electrons. The van der Waals surface area contributed by atoms with Gasteiger partial charge in [-0.25, -0.2) is 0 Å². The third-order valence-electron chi connectivity index (χ3n) is 0.407. The number of rotatable bonds is 2. The van der Waals surface area contributed by atoms with Gasteiger partial charge in [0.05, 0.1) is 0 Å². The van der Waals surface area contributed by atoms with Crippen molar-refractivity contribution in [2.75, 3.05) is 0 Å². The molecule has 0 aromatic rings. The molecule has 0 atom stereocenters. The van der Waals surface area contributed by atoms with Crippen LogP contribution in [0.3, 0.4) is 0 Å². The average Bonchev–Trinajstić information content (AvgIpc) is 1.27. The molecule has 0 spiro atoms. The fourth-order valence-electron chi connectivity index (χ4n) is 0.286. The zero-order valence-corrected chi connectivity index (χ0v) is 5.77. The van der Waals surface area contributed by atoms with Crippen LogP contribution in [0.2, 0.25) is 0 Å². The molecule has 0 N–H and O–H groups in total. The van der Waals surface area contributed by atoms with Gasteiger partial charge in [-0.3, -0.25) is 6.42 Å². The second kappa shape index (κ2) is 4.87. The maximum absolute atomic E-state index is 9.98. The third kappa shape index (κ3) is 9.21. The Kier molecular flexibility index (Phi) is 6.48. The van der Waals surface area contributed by atoms with Crippen LogP contribution < -0.4 is 0 Å². The summed E-state index contributed by atoms with van der Waals surface area (Å²) in [6.07, 6.45) is 1.06. The maximum Gasteiger partial charge on any atom is 0.00219 e. The molecule has 0 rings (SSSR count). The first kappa shape index (κ1) is 10.7. The van der Waals surface area contributed by atoms with E-state index in [1.807, 2.05) is 0 Å². The van der Waals surface area contributed by atoms with E-state index in [1.165, 1.54) is 13.8 Å². The number of hydrogen-bond donors (Lipinski definition) is 0. The summed E-state index contributed by atoms with van der Waals surface area (Å²) in [6.45, 7) is 2.70. The zero-order valence-electron chi connectivity index (χ0n) is 4.73. The Labute approximate surface area is 58.8 Å². The van der Waals surface area contributed by atoms with Crippen LogP contribution in [0.25, 0.3) is 0 Å². The van der Waals surface area contributed by atoms with Gasteiger partial charge in [0.2, 0.25) is 0 Å². The van der Waals surface area contributed by atoms with Gasteiger partial charge in [-0.05, 0) is 13.8 Å². The second-order valence-corrected chi connectivity index (χ2v) is 1.37. The maximum atomic E-state index is 9.98. The first-order valence-electron chi connectivity index (χ1n) is 1.99. The fraction of sp³-hybridized carbons (Fsp3) is 0.400. The molecule has 0 fully saturated rings. The van der Waals surface area contributed by atoms with Crippen molar-refractivity contribution in [3.63, 3.8) is 0 Å². The van der Waals surface area contributed by atoms with Crippen LogP contribution in [-0.4, -0.2) is 11.6 Å². The average molecular weight is 158 g/mol. The van der Waals surface area contributed by atoms with E-state index >= 15 is 0 Å². The molecule has 2 nitrogen and oxygen atoms in total. The van der Waals surface area contributed by atoms with Crippen LogP contribution in [0.15, 0.2) is 0 Å². The van der Waals surface area contributed by atoms with Gasteiger partial charge in [-0.1, -0.05) is 0 Å². The first-order valence-corrected chi connectivity index (χ1v) is 1.99. The fourth-order valence-corrected chi connectivity index (χ4v) is 0.286.